The summed E-state index contributed by atoms with van der Waals surface area (Å²) in [4.78, 5) is 18.3. The number of nitrogens with one attached hydrogen (secondary N) is 2. The Morgan fingerprint density at radius 2 is 0.712 bits per heavy atom. The summed E-state index contributed by atoms with van der Waals surface area (Å²) in [7, 11) is 0. The molecule has 3 N–H and O–H groups in total. The number of aromatic amines is 2. The molecule has 0 amide bonds. The minimum Gasteiger partial charge on any atom is -0.507 e. The summed E-state index contributed by atoms with van der Waals surface area (Å²) in [6.07, 6.45) is 8.36. The van der Waals surface area contributed by atoms with E-state index >= 15 is 0 Å². The second-order valence-electron chi connectivity index (χ2n) is 13.6. The van der Waals surface area contributed by atoms with Gasteiger partial charge in [0.2, 0.25) is 0 Å². The molecule has 2 aliphatic rings. The van der Waals surface area contributed by atoms with Gasteiger partial charge in [-0.15, -0.1) is 0 Å². The Bertz CT molecular complexity index is 2700. The van der Waals surface area contributed by atoms with Crippen LogP contribution in [0.4, 0.5) is 0 Å². The molecular formula is C47H36N4O. The van der Waals surface area contributed by atoms with Crippen molar-refractivity contribution in [2.24, 2.45) is 0 Å². The molecule has 0 fully saturated rings. The smallest absolute Gasteiger partial charge is 0.123 e. The average molecular weight is 673 g/mol. The third-order valence-electron chi connectivity index (χ3n) is 9.95. The van der Waals surface area contributed by atoms with Crippen molar-refractivity contribution in [1.82, 2.24) is 19.9 Å². The standard InChI is InChI=1S/C47H36N4O/c1-28-8-14-31(15-9-28)44-35-20-22-37(48-35)45(32-16-10-29(2)11-17-32)39-24-26-41(50-39)47(34-6-4-5-7-43(34)52)42-27-25-40(51-42)46(38-23-21-36(44)49-38)33-18-12-30(3)13-19-33/h4-27,48,51-52H,1-3H3. The molecule has 3 aromatic heterocycles. The van der Waals surface area contributed by atoms with Gasteiger partial charge in [-0.25, -0.2) is 9.97 Å². The number of aromatic nitrogens is 4. The van der Waals surface area contributed by atoms with Gasteiger partial charge in [-0.05, 0) is 92.1 Å². The second-order valence-corrected chi connectivity index (χ2v) is 13.6. The number of phenols is 1. The van der Waals surface area contributed by atoms with Crippen LogP contribution < -0.4 is 0 Å². The van der Waals surface area contributed by atoms with Crippen molar-refractivity contribution in [3.63, 3.8) is 0 Å². The number of nitrogens with zero attached hydrogens (tertiary/aromatic N) is 2. The molecule has 8 bridgehead atoms. The molecule has 0 saturated heterocycles. The zero-order valence-electron chi connectivity index (χ0n) is 29.2. The van der Waals surface area contributed by atoms with E-state index in [9.17, 15) is 5.11 Å². The van der Waals surface area contributed by atoms with Crippen LogP contribution in [0.25, 0.3) is 90.9 Å². The third kappa shape index (κ3) is 5.53. The van der Waals surface area contributed by atoms with Gasteiger partial charge in [0, 0.05) is 49.9 Å². The Kier molecular flexibility index (Phi) is 7.55. The molecule has 5 heterocycles. The van der Waals surface area contributed by atoms with E-state index in [1.807, 2.05) is 24.3 Å². The van der Waals surface area contributed by atoms with Gasteiger partial charge in [0.1, 0.15) is 5.75 Å². The third-order valence-corrected chi connectivity index (χ3v) is 9.95. The van der Waals surface area contributed by atoms with Crippen LogP contribution in [0.3, 0.4) is 0 Å². The van der Waals surface area contributed by atoms with Gasteiger partial charge >= 0.3 is 0 Å². The van der Waals surface area contributed by atoms with Crippen LogP contribution in [0.2, 0.25) is 0 Å². The predicted molar refractivity (Wildman–Crippen MR) is 216 cm³/mol. The molecule has 0 aliphatic carbocycles. The quantitative estimate of drug-likeness (QED) is 0.174. The summed E-state index contributed by atoms with van der Waals surface area (Å²) in [5, 5.41) is 11.2. The molecular weight excluding hydrogens is 637 g/mol. The Morgan fingerprint density at radius 3 is 1.08 bits per heavy atom. The first-order chi connectivity index (χ1) is 25.4. The minimum absolute atomic E-state index is 0.189. The fraction of sp³-hybridized carbons (Fsp3) is 0.0638. The van der Waals surface area contributed by atoms with Gasteiger partial charge < -0.3 is 15.1 Å². The number of phenolic OH excluding ortho intramolecular Hbond substituents is 1. The summed E-state index contributed by atoms with van der Waals surface area (Å²) in [5.74, 6) is 0.189. The molecule has 5 nitrogen and oxygen atoms in total. The van der Waals surface area contributed by atoms with Crippen LogP contribution in [0.1, 0.15) is 39.5 Å². The van der Waals surface area contributed by atoms with E-state index in [1.54, 1.807) is 6.07 Å². The highest BCUT2D eigenvalue weighted by Crippen LogP contribution is 2.40. The highest BCUT2D eigenvalue weighted by molar-refractivity contribution is 6.00. The van der Waals surface area contributed by atoms with Crippen LogP contribution in [-0.2, 0) is 0 Å². The topological polar surface area (TPSA) is 77.6 Å². The molecule has 4 aromatic carbocycles. The number of aromatic hydroxyl groups is 1. The lowest BCUT2D eigenvalue weighted by molar-refractivity contribution is 0.477. The first-order valence-corrected chi connectivity index (χ1v) is 17.6. The van der Waals surface area contributed by atoms with Gasteiger partial charge in [-0.2, -0.15) is 0 Å². The highest BCUT2D eigenvalue weighted by atomic mass is 16.3. The Morgan fingerprint density at radius 1 is 0.385 bits per heavy atom. The Labute approximate surface area is 302 Å². The lowest BCUT2D eigenvalue weighted by Gasteiger charge is -2.08. The lowest BCUT2D eigenvalue weighted by Crippen LogP contribution is -1.90. The van der Waals surface area contributed by atoms with E-state index < -0.39 is 0 Å². The van der Waals surface area contributed by atoms with E-state index in [0.29, 0.717) is 5.56 Å². The van der Waals surface area contributed by atoms with Crippen LogP contribution >= 0.6 is 0 Å². The maximum absolute atomic E-state index is 11.2. The zero-order chi connectivity index (χ0) is 35.3. The predicted octanol–water partition coefficient (Wildman–Crippen LogP) is 12.0. The largest absolute Gasteiger partial charge is 0.507 e. The average Bonchev–Trinajstić information content (AvgIpc) is 3.99. The molecule has 52 heavy (non-hydrogen) atoms. The molecule has 0 saturated carbocycles. The second kappa shape index (κ2) is 12.6. The Hall–Kier alpha value is -6.72. The van der Waals surface area contributed by atoms with E-state index in [-0.39, 0.29) is 5.75 Å². The van der Waals surface area contributed by atoms with E-state index in [0.717, 1.165) is 83.8 Å². The molecule has 0 unspecified atom stereocenters. The number of aryl methyl sites for hydroxylation is 3. The molecule has 0 atom stereocenters. The van der Waals surface area contributed by atoms with E-state index in [2.05, 4.69) is 146 Å². The summed E-state index contributed by atoms with van der Waals surface area (Å²) in [5.41, 5.74) is 18.3. The van der Waals surface area contributed by atoms with Crippen molar-refractivity contribution in [3.8, 4) is 50.3 Å². The first kappa shape index (κ1) is 31.3. The van der Waals surface area contributed by atoms with Crippen molar-refractivity contribution in [3.05, 3.63) is 161 Å². The van der Waals surface area contributed by atoms with Gasteiger partial charge in [-0.1, -0.05) is 108 Å². The Balaban J connectivity index is 1.48. The number of H-pyrrole nitrogens is 2. The number of hydrogen-bond acceptors (Lipinski definition) is 3. The van der Waals surface area contributed by atoms with Gasteiger partial charge in [-0.3, -0.25) is 0 Å². The summed E-state index contributed by atoms with van der Waals surface area (Å²) < 4.78 is 0. The SMILES string of the molecule is Cc1ccc(-c2c3nc(c(-c4ccc(C)cc4)c4ccc([nH]4)c(-c4ccccc4O)c4nc(c(-c5ccc(C)cc5)c5ccc2[nH]5)C=C4)C=C3)cc1. The van der Waals surface area contributed by atoms with Gasteiger partial charge in [0.05, 0.1) is 22.8 Å². The molecule has 0 radical (unpaired) electrons. The van der Waals surface area contributed by atoms with E-state index in [1.165, 1.54) is 16.7 Å². The molecule has 7 aromatic rings. The number of para-hydroxylation sites is 1. The van der Waals surface area contributed by atoms with Crippen molar-refractivity contribution >= 4 is 46.4 Å². The molecule has 250 valence electrons. The van der Waals surface area contributed by atoms with E-state index in [4.69, 9.17) is 9.97 Å². The highest BCUT2D eigenvalue weighted by Gasteiger charge is 2.19. The fourth-order valence-electron chi connectivity index (χ4n) is 7.25. The normalized spacial score (nSPS) is 12.1. The summed E-state index contributed by atoms with van der Waals surface area (Å²) >= 11 is 0. The molecule has 0 spiro atoms. The summed E-state index contributed by atoms with van der Waals surface area (Å²) in [6.45, 7) is 6.31. The van der Waals surface area contributed by atoms with Crippen LogP contribution in [0, 0.1) is 20.8 Å². The van der Waals surface area contributed by atoms with Crippen molar-refractivity contribution in [1.29, 1.82) is 0 Å². The molecule has 5 heteroatoms. The lowest BCUT2D eigenvalue weighted by atomic mass is 10.0. The van der Waals surface area contributed by atoms with Crippen molar-refractivity contribution in [2.75, 3.05) is 0 Å². The van der Waals surface area contributed by atoms with Crippen molar-refractivity contribution < 1.29 is 5.11 Å². The summed E-state index contributed by atoms with van der Waals surface area (Å²) in [6, 6.07) is 41.7. The number of rotatable bonds is 4. The number of fused-ring (bicyclic) bond motifs is 8. The molecule has 9 rings (SSSR count). The fourth-order valence-corrected chi connectivity index (χ4v) is 7.25. The van der Waals surface area contributed by atoms with Gasteiger partial charge in [0.25, 0.3) is 0 Å². The monoisotopic (exact) mass is 672 g/mol. The first-order valence-electron chi connectivity index (χ1n) is 17.6. The maximum Gasteiger partial charge on any atom is 0.123 e. The zero-order valence-corrected chi connectivity index (χ0v) is 29.2. The van der Waals surface area contributed by atoms with Crippen molar-refractivity contribution in [2.45, 2.75) is 20.8 Å². The number of hydrogen-bond donors (Lipinski definition) is 3. The maximum atomic E-state index is 11.2. The molecule has 2 aliphatic heterocycles. The van der Waals surface area contributed by atoms with Gasteiger partial charge in [0.15, 0.2) is 0 Å². The van der Waals surface area contributed by atoms with Crippen LogP contribution in [0.5, 0.6) is 5.75 Å². The number of benzene rings is 4. The van der Waals surface area contributed by atoms with Crippen LogP contribution in [0.15, 0.2) is 121 Å². The van der Waals surface area contributed by atoms with Crippen LogP contribution in [-0.4, -0.2) is 25.0 Å². The minimum atomic E-state index is 0.189.